The van der Waals surface area contributed by atoms with E-state index < -0.39 is 4.92 Å². The molecule has 0 unspecified atom stereocenters. The van der Waals surface area contributed by atoms with Gasteiger partial charge in [0.2, 0.25) is 0 Å². The van der Waals surface area contributed by atoms with Crippen molar-refractivity contribution >= 4 is 11.3 Å². The van der Waals surface area contributed by atoms with E-state index in [-0.39, 0.29) is 5.69 Å². The zero-order valence-electron chi connectivity index (χ0n) is 6.84. The Morgan fingerprint density at radius 3 is 3.08 bits per heavy atom. The molecule has 0 aromatic carbocycles. The molecule has 0 saturated heterocycles. The van der Waals surface area contributed by atoms with Gasteiger partial charge in [0.25, 0.3) is 5.69 Å². The van der Waals surface area contributed by atoms with Crippen LogP contribution >= 0.6 is 0 Å². The highest BCUT2D eigenvalue weighted by Crippen LogP contribution is 2.17. The summed E-state index contributed by atoms with van der Waals surface area (Å²) in [6.07, 6.45) is 2.84. The predicted molar refractivity (Wildman–Crippen MR) is 44.4 cm³/mol. The first-order chi connectivity index (χ1) is 6.18. The van der Waals surface area contributed by atoms with Crippen molar-refractivity contribution in [2.45, 2.75) is 6.92 Å². The summed E-state index contributed by atoms with van der Waals surface area (Å²) in [4.78, 5) is 10.1. The van der Waals surface area contributed by atoms with E-state index in [4.69, 9.17) is 0 Å². The van der Waals surface area contributed by atoms with Gasteiger partial charge < -0.3 is 0 Å². The molecular formula is C7H6N4O2. The number of aromatic nitrogens is 3. The molecule has 2 aromatic rings. The van der Waals surface area contributed by atoms with Gasteiger partial charge in [0.1, 0.15) is 6.33 Å². The van der Waals surface area contributed by atoms with Crippen molar-refractivity contribution in [2.75, 3.05) is 0 Å². The van der Waals surface area contributed by atoms with Gasteiger partial charge in [0.05, 0.1) is 11.1 Å². The maximum Gasteiger partial charge on any atom is 0.288 e. The largest absolute Gasteiger partial charge is 0.288 e. The van der Waals surface area contributed by atoms with Crippen molar-refractivity contribution in [3.8, 4) is 0 Å². The monoisotopic (exact) mass is 178 g/mol. The van der Waals surface area contributed by atoms with Gasteiger partial charge in [-0.3, -0.25) is 14.5 Å². The van der Waals surface area contributed by atoms with Crippen LogP contribution in [0.25, 0.3) is 5.65 Å². The van der Waals surface area contributed by atoms with Crippen molar-refractivity contribution in [2.24, 2.45) is 0 Å². The zero-order valence-corrected chi connectivity index (χ0v) is 6.84. The fraction of sp³-hybridized carbons (Fsp3) is 0.143. The molecule has 2 aromatic heterocycles. The summed E-state index contributed by atoms with van der Waals surface area (Å²) < 4.78 is 1.52. The second-order valence-electron chi connectivity index (χ2n) is 2.70. The first-order valence-corrected chi connectivity index (χ1v) is 3.63. The lowest BCUT2D eigenvalue weighted by Crippen LogP contribution is -1.94. The molecular weight excluding hydrogens is 172 g/mol. The Morgan fingerprint density at radius 2 is 2.38 bits per heavy atom. The van der Waals surface area contributed by atoms with E-state index >= 15 is 0 Å². The van der Waals surface area contributed by atoms with Crippen molar-refractivity contribution in [1.82, 2.24) is 14.6 Å². The molecule has 0 atom stereocenters. The third kappa shape index (κ3) is 1.12. The minimum Gasteiger partial charge on any atom is -0.282 e. The fourth-order valence-electron chi connectivity index (χ4n) is 1.15. The lowest BCUT2D eigenvalue weighted by atomic mass is 10.2. The Labute approximate surface area is 73.0 Å². The molecule has 6 nitrogen and oxygen atoms in total. The third-order valence-corrected chi connectivity index (χ3v) is 1.81. The number of nitrogens with zero attached hydrogens (tertiary/aromatic N) is 4. The quantitative estimate of drug-likeness (QED) is 0.481. The summed E-state index contributed by atoms with van der Waals surface area (Å²) in [5.41, 5.74) is 1.28. The topological polar surface area (TPSA) is 73.3 Å². The summed E-state index contributed by atoms with van der Waals surface area (Å²) >= 11 is 0. The van der Waals surface area contributed by atoms with Gasteiger partial charge in [-0.2, -0.15) is 0 Å². The highest BCUT2D eigenvalue weighted by molar-refractivity contribution is 5.48. The number of rotatable bonds is 1. The van der Waals surface area contributed by atoms with Crippen LogP contribution < -0.4 is 0 Å². The Morgan fingerprint density at radius 1 is 1.62 bits per heavy atom. The highest BCUT2D eigenvalue weighted by atomic mass is 16.6. The van der Waals surface area contributed by atoms with Crippen LogP contribution in [0, 0.1) is 17.0 Å². The first-order valence-electron chi connectivity index (χ1n) is 3.63. The zero-order chi connectivity index (χ0) is 9.42. The number of hydrogen-bond donors (Lipinski definition) is 0. The molecule has 0 amide bonds. The molecule has 13 heavy (non-hydrogen) atoms. The minimum absolute atomic E-state index is 0.0762. The van der Waals surface area contributed by atoms with E-state index in [9.17, 15) is 10.1 Å². The third-order valence-electron chi connectivity index (χ3n) is 1.81. The van der Waals surface area contributed by atoms with Crippen molar-refractivity contribution in [3.05, 3.63) is 34.3 Å². The lowest BCUT2D eigenvalue weighted by Gasteiger charge is -1.96. The molecule has 2 rings (SSSR count). The van der Waals surface area contributed by atoms with Crippen LogP contribution in [-0.2, 0) is 0 Å². The maximum atomic E-state index is 10.5. The predicted octanol–water partition coefficient (Wildman–Crippen LogP) is 0.946. The molecule has 0 spiro atoms. The van der Waals surface area contributed by atoms with E-state index in [0.29, 0.717) is 11.2 Å². The molecule has 0 N–H and O–H groups in total. The van der Waals surface area contributed by atoms with E-state index in [1.54, 1.807) is 13.0 Å². The number of aryl methyl sites for hydroxylation is 1. The average Bonchev–Trinajstić information content (AvgIpc) is 2.48. The van der Waals surface area contributed by atoms with E-state index in [1.165, 1.54) is 16.9 Å². The normalized spacial score (nSPS) is 10.5. The van der Waals surface area contributed by atoms with Crippen molar-refractivity contribution in [1.29, 1.82) is 0 Å². The Hall–Kier alpha value is -1.98. The molecule has 0 bridgehead atoms. The number of nitro groups is 1. The van der Waals surface area contributed by atoms with Crippen molar-refractivity contribution < 1.29 is 4.92 Å². The van der Waals surface area contributed by atoms with Gasteiger partial charge in [0.15, 0.2) is 5.65 Å². The Bertz CT molecular complexity index is 476. The summed E-state index contributed by atoms with van der Waals surface area (Å²) in [5, 5.41) is 17.9. The highest BCUT2D eigenvalue weighted by Gasteiger charge is 2.11. The molecule has 0 radical (unpaired) electrons. The Balaban J connectivity index is 2.76. The van der Waals surface area contributed by atoms with E-state index in [1.807, 2.05) is 0 Å². The molecule has 0 saturated carbocycles. The second kappa shape index (κ2) is 2.51. The van der Waals surface area contributed by atoms with E-state index in [2.05, 4.69) is 10.2 Å². The van der Waals surface area contributed by atoms with Crippen LogP contribution in [0.15, 0.2) is 18.6 Å². The van der Waals surface area contributed by atoms with Gasteiger partial charge in [-0.15, -0.1) is 10.2 Å². The van der Waals surface area contributed by atoms with Crippen LogP contribution in [0.5, 0.6) is 0 Å². The number of fused-ring (bicyclic) bond motifs is 1. The first kappa shape index (κ1) is 7.66. The van der Waals surface area contributed by atoms with Crippen LogP contribution in [0.1, 0.15) is 5.56 Å². The molecule has 0 fully saturated rings. The van der Waals surface area contributed by atoms with Crippen molar-refractivity contribution in [3.63, 3.8) is 0 Å². The molecule has 0 aliphatic rings. The molecule has 6 heteroatoms. The minimum atomic E-state index is -0.422. The van der Waals surface area contributed by atoms with Gasteiger partial charge in [0, 0.05) is 5.56 Å². The molecule has 66 valence electrons. The maximum absolute atomic E-state index is 10.5. The summed E-state index contributed by atoms with van der Waals surface area (Å²) in [6, 6.07) is 1.63. The van der Waals surface area contributed by atoms with Crippen LogP contribution in [0.3, 0.4) is 0 Å². The molecule has 0 aliphatic carbocycles. The summed E-state index contributed by atoms with van der Waals surface area (Å²) in [6.45, 7) is 1.67. The average molecular weight is 178 g/mol. The van der Waals surface area contributed by atoms with Crippen LogP contribution in [-0.4, -0.2) is 19.5 Å². The van der Waals surface area contributed by atoms with Gasteiger partial charge in [-0.1, -0.05) is 0 Å². The van der Waals surface area contributed by atoms with Crippen LogP contribution in [0.2, 0.25) is 0 Å². The van der Waals surface area contributed by atoms with E-state index in [0.717, 1.165) is 0 Å². The number of pyridine rings is 1. The van der Waals surface area contributed by atoms with Gasteiger partial charge in [-0.05, 0) is 13.0 Å². The Kier molecular flexibility index (Phi) is 1.48. The molecule has 2 heterocycles. The molecule has 0 aliphatic heterocycles. The van der Waals surface area contributed by atoms with Gasteiger partial charge >= 0.3 is 0 Å². The van der Waals surface area contributed by atoms with Gasteiger partial charge in [-0.25, -0.2) is 0 Å². The fourth-order valence-corrected chi connectivity index (χ4v) is 1.15. The number of hydrogen-bond acceptors (Lipinski definition) is 4. The summed E-state index contributed by atoms with van der Waals surface area (Å²) in [7, 11) is 0. The summed E-state index contributed by atoms with van der Waals surface area (Å²) in [5.74, 6) is 0. The lowest BCUT2D eigenvalue weighted by molar-refractivity contribution is -0.385. The smallest absolute Gasteiger partial charge is 0.282 e. The van der Waals surface area contributed by atoms with Crippen LogP contribution in [0.4, 0.5) is 5.69 Å². The second-order valence-corrected chi connectivity index (χ2v) is 2.70. The standard InChI is InChI=1S/C7H6N4O2/c1-5-2-7-9-8-4-10(7)3-6(5)11(12)13/h2-4H,1H3. The SMILES string of the molecule is Cc1cc2nncn2cc1[N+](=O)[O-].